The van der Waals surface area contributed by atoms with Crippen molar-refractivity contribution in [2.75, 3.05) is 12.4 Å². The van der Waals surface area contributed by atoms with Gasteiger partial charge in [-0.1, -0.05) is 30.0 Å². The van der Waals surface area contributed by atoms with Crippen molar-refractivity contribution in [3.8, 4) is 5.75 Å². The molecule has 0 amide bonds. The Hall–Kier alpha value is -1.01. The van der Waals surface area contributed by atoms with Crippen molar-refractivity contribution in [2.45, 2.75) is 25.7 Å². The third-order valence-corrected chi connectivity index (χ3v) is 3.65. The van der Waals surface area contributed by atoms with Crippen LogP contribution in [0.5, 0.6) is 5.75 Å². The van der Waals surface area contributed by atoms with Crippen LogP contribution in [-0.4, -0.2) is 23.2 Å². The maximum absolute atomic E-state index is 5.64. The van der Waals surface area contributed by atoms with Crippen LogP contribution < -0.4 is 10.5 Å². The Morgan fingerprint density at radius 3 is 2.60 bits per heavy atom. The van der Waals surface area contributed by atoms with Crippen molar-refractivity contribution in [2.24, 2.45) is 15.9 Å². The highest BCUT2D eigenvalue weighted by molar-refractivity contribution is 8.93. The summed E-state index contributed by atoms with van der Waals surface area (Å²) < 4.78 is 5.64. The van der Waals surface area contributed by atoms with Gasteiger partial charge in [0.2, 0.25) is 0 Å². The smallest absolute Gasteiger partial charge is 0.180 e. The summed E-state index contributed by atoms with van der Waals surface area (Å²) in [7, 11) is 0. The van der Waals surface area contributed by atoms with Crippen LogP contribution in [0.25, 0.3) is 0 Å². The number of para-hydroxylation sites is 1. The van der Waals surface area contributed by atoms with E-state index in [2.05, 4.69) is 10.2 Å². The lowest BCUT2D eigenvalue weighted by Crippen LogP contribution is -2.15. The second-order valence-electron chi connectivity index (χ2n) is 4.37. The quantitative estimate of drug-likeness (QED) is 0.758. The fourth-order valence-electron chi connectivity index (χ4n) is 1.77. The zero-order valence-corrected chi connectivity index (χ0v) is 13.9. The molecule has 1 aliphatic heterocycles. The lowest BCUT2D eigenvalue weighted by atomic mass is 10.1. The molecule has 1 aliphatic rings. The van der Waals surface area contributed by atoms with E-state index < -0.39 is 0 Å². The molecular formula is C14H20BrN3OS. The first-order chi connectivity index (χ1) is 9.34. The fraction of sp³-hybridized carbons (Fsp3) is 0.429. The molecule has 2 rings (SSSR count). The van der Waals surface area contributed by atoms with Crippen LogP contribution >= 0.6 is 28.7 Å². The lowest BCUT2D eigenvalue weighted by molar-refractivity contribution is 0.305. The molecule has 20 heavy (non-hydrogen) atoms. The number of ether oxygens (including phenoxy) is 1. The predicted octanol–water partition coefficient (Wildman–Crippen LogP) is 3.62. The fourth-order valence-corrected chi connectivity index (χ4v) is 2.39. The highest BCUT2D eigenvalue weighted by Gasteiger charge is 2.07. The first-order valence-electron chi connectivity index (χ1n) is 6.54. The monoisotopic (exact) mass is 357 g/mol. The van der Waals surface area contributed by atoms with E-state index in [9.17, 15) is 0 Å². The van der Waals surface area contributed by atoms with E-state index in [0.29, 0.717) is 5.17 Å². The van der Waals surface area contributed by atoms with Crippen LogP contribution in [0.3, 0.4) is 0 Å². The predicted molar refractivity (Wildman–Crippen MR) is 92.2 cm³/mol. The van der Waals surface area contributed by atoms with Crippen molar-refractivity contribution < 1.29 is 4.74 Å². The number of benzene rings is 1. The summed E-state index contributed by atoms with van der Waals surface area (Å²) >= 11 is 1.56. The molecule has 0 spiro atoms. The summed E-state index contributed by atoms with van der Waals surface area (Å²) in [6.45, 7) is 0.774. The summed E-state index contributed by atoms with van der Waals surface area (Å²) in [6, 6.07) is 9.93. The SMILES string of the molecule is Br.NC1=NN=C(CCCCCOc2ccccc2)CS1. The molecule has 1 aromatic carbocycles. The Morgan fingerprint density at radius 1 is 1.10 bits per heavy atom. The maximum Gasteiger partial charge on any atom is 0.180 e. The van der Waals surface area contributed by atoms with Gasteiger partial charge in [-0.05, 0) is 37.8 Å². The second-order valence-corrected chi connectivity index (χ2v) is 5.36. The van der Waals surface area contributed by atoms with E-state index in [-0.39, 0.29) is 17.0 Å². The van der Waals surface area contributed by atoms with Crippen LogP contribution in [0, 0.1) is 0 Å². The molecule has 1 heterocycles. The number of nitrogens with zero attached hydrogens (tertiary/aromatic N) is 2. The Kier molecular flexibility index (Phi) is 8.37. The van der Waals surface area contributed by atoms with E-state index >= 15 is 0 Å². The van der Waals surface area contributed by atoms with Crippen LogP contribution in [0.1, 0.15) is 25.7 Å². The summed E-state index contributed by atoms with van der Waals surface area (Å²) in [4.78, 5) is 0. The van der Waals surface area contributed by atoms with Crippen LogP contribution in [0.15, 0.2) is 40.5 Å². The van der Waals surface area contributed by atoms with Gasteiger partial charge < -0.3 is 10.5 Å². The van der Waals surface area contributed by atoms with E-state index in [0.717, 1.165) is 49.5 Å². The molecule has 0 radical (unpaired) electrons. The zero-order valence-electron chi connectivity index (χ0n) is 11.3. The molecule has 0 fully saturated rings. The largest absolute Gasteiger partial charge is 0.494 e. The molecule has 0 aliphatic carbocycles. The zero-order chi connectivity index (χ0) is 13.3. The minimum absolute atomic E-state index is 0. The molecule has 0 saturated heterocycles. The molecule has 6 heteroatoms. The highest BCUT2D eigenvalue weighted by Crippen LogP contribution is 2.13. The number of rotatable bonds is 7. The van der Waals surface area contributed by atoms with E-state index in [1.165, 1.54) is 0 Å². The van der Waals surface area contributed by atoms with E-state index in [1.54, 1.807) is 11.8 Å². The number of unbranched alkanes of at least 4 members (excludes halogenated alkanes) is 2. The number of hydrogen-bond donors (Lipinski definition) is 1. The molecule has 110 valence electrons. The Morgan fingerprint density at radius 2 is 1.90 bits per heavy atom. The minimum atomic E-state index is 0. The van der Waals surface area contributed by atoms with Crippen LogP contribution in [0.2, 0.25) is 0 Å². The summed E-state index contributed by atoms with van der Waals surface area (Å²) in [6.07, 6.45) is 4.36. The highest BCUT2D eigenvalue weighted by atomic mass is 79.9. The maximum atomic E-state index is 5.64. The first kappa shape index (κ1) is 17.0. The summed E-state index contributed by atoms with van der Waals surface area (Å²) in [5, 5.41) is 8.56. The third kappa shape index (κ3) is 6.43. The number of thioether (sulfide) groups is 1. The average molecular weight is 358 g/mol. The first-order valence-corrected chi connectivity index (χ1v) is 7.52. The topological polar surface area (TPSA) is 60.0 Å². The van der Waals surface area contributed by atoms with Gasteiger partial charge in [0.05, 0.1) is 12.3 Å². The number of amidine groups is 1. The molecular weight excluding hydrogens is 338 g/mol. The molecule has 2 N–H and O–H groups in total. The summed E-state index contributed by atoms with van der Waals surface area (Å²) in [5.74, 6) is 1.83. The standard InChI is InChI=1S/C14H19N3OS.BrH/c15-14-17-16-12(11-19-14)7-3-2-6-10-18-13-8-4-1-5-9-13;/h1,4-5,8-9H,2-3,6-7,10-11H2,(H2,15,17);1H. The molecule has 0 saturated carbocycles. The van der Waals surface area contributed by atoms with Gasteiger partial charge in [0.15, 0.2) is 5.17 Å². The van der Waals surface area contributed by atoms with E-state index in [4.69, 9.17) is 10.5 Å². The van der Waals surface area contributed by atoms with Crippen LogP contribution in [-0.2, 0) is 0 Å². The van der Waals surface area contributed by atoms with Crippen molar-refractivity contribution >= 4 is 39.6 Å². The molecule has 4 nitrogen and oxygen atoms in total. The van der Waals surface area contributed by atoms with Crippen LogP contribution in [0.4, 0.5) is 0 Å². The van der Waals surface area contributed by atoms with Gasteiger partial charge in [0.25, 0.3) is 0 Å². The number of hydrogen-bond acceptors (Lipinski definition) is 5. The second kappa shape index (κ2) is 9.83. The van der Waals surface area contributed by atoms with Crippen molar-refractivity contribution in [3.63, 3.8) is 0 Å². The third-order valence-electron chi connectivity index (χ3n) is 2.80. The van der Waals surface area contributed by atoms with Gasteiger partial charge in [-0.2, -0.15) is 5.10 Å². The van der Waals surface area contributed by atoms with Crippen molar-refractivity contribution in [1.29, 1.82) is 0 Å². The van der Waals surface area contributed by atoms with E-state index in [1.807, 2.05) is 30.3 Å². The van der Waals surface area contributed by atoms with Gasteiger partial charge in [-0.15, -0.1) is 22.1 Å². The Balaban J connectivity index is 0.00000200. The van der Waals surface area contributed by atoms with Gasteiger partial charge in [0.1, 0.15) is 5.75 Å². The molecule has 0 aromatic heterocycles. The Labute approximate surface area is 134 Å². The lowest BCUT2D eigenvalue weighted by Gasteiger charge is -2.09. The molecule has 1 aromatic rings. The van der Waals surface area contributed by atoms with Crippen molar-refractivity contribution in [3.05, 3.63) is 30.3 Å². The average Bonchev–Trinajstić information content (AvgIpc) is 2.46. The minimum Gasteiger partial charge on any atom is -0.494 e. The van der Waals surface area contributed by atoms with Crippen molar-refractivity contribution in [1.82, 2.24) is 0 Å². The number of nitrogens with two attached hydrogens (primary N) is 1. The van der Waals surface area contributed by atoms with Gasteiger partial charge in [0, 0.05) is 5.75 Å². The normalized spacial score (nSPS) is 14.0. The molecule has 0 atom stereocenters. The van der Waals surface area contributed by atoms with Gasteiger partial charge >= 0.3 is 0 Å². The Bertz CT molecular complexity index is 451. The molecule has 0 unspecified atom stereocenters. The molecule has 0 bridgehead atoms. The summed E-state index contributed by atoms with van der Waals surface area (Å²) in [5.41, 5.74) is 6.68. The van der Waals surface area contributed by atoms with Gasteiger partial charge in [-0.25, -0.2) is 0 Å². The number of halogens is 1. The van der Waals surface area contributed by atoms with Gasteiger partial charge in [-0.3, -0.25) is 0 Å².